The predicted molar refractivity (Wildman–Crippen MR) is 103 cm³/mol. The van der Waals surface area contributed by atoms with E-state index in [-0.39, 0.29) is 11.8 Å². The molecule has 0 heterocycles. The van der Waals surface area contributed by atoms with Gasteiger partial charge in [-0.1, -0.05) is 18.2 Å². The molecular formula is C21H24N2O4. The molecule has 2 amide bonds. The lowest BCUT2D eigenvalue weighted by atomic mass is 10.0. The van der Waals surface area contributed by atoms with Gasteiger partial charge in [-0.2, -0.15) is 0 Å². The first-order valence-electron chi connectivity index (χ1n) is 8.86. The fourth-order valence-electron chi connectivity index (χ4n) is 3.00. The van der Waals surface area contributed by atoms with E-state index in [0.717, 1.165) is 11.1 Å². The Labute approximate surface area is 158 Å². The zero-order valence-corrected chi connectivity index (χ0v) is 15.8. The maximum Gasteiger partial charge on any atom is 0.240 e. The van der Waals surface area contributed by atoms with Crippen LogP contribution in [0.2, 0.25) is 0 Å². The van der Waals surface area contributed by atoms with Crippen molar-refractivity contribution in [1.29, 1.82) is 0 Å². The maximum atomic E-state index is 12.6. The SMILES string of the molecule is COc1ccc(CNC(=O)C2(C(=O)Nc3cccc(C)c3)CC2)cc1OC. The molecule has 1 fully saturated rings. The number of hydrogen-bond acceptors (Lipinski definition) is 4. The summed E-state index contributed by atoms with van der Waals surface area (Å²) in [4.78, 5) is 25.3. The van der Waals surface area contributed by atoms with Gasteiger partial charge in [0.05, 0.1) is 14.2 Å². The summed E-state index contributed by atoms with van der Waals surface area (Å²) in [6.07, 6.45) is 1.12. The monoisotopic (exact) mass is 368 g/mol. The number of aryl methyl sites for hydroxylation is 1. The van der Waals surface area contributed by atoms with Gasteiger partial charge in [0.15, 0.2) is 11.5 Å². The van der Waals surface area contributed by atoms with Crippen molar-refractivity contribution in [3.8, 4) is 11.5 Å². The van der Waals surface area contributed by atoms with Crippen LogP contribution in [0.5, 0.6) is 11.5 Å². The highest BCUT2D eigenvalue weighted by Gasteiger charge is 2.56. The van der Waals surface area contributed by atoms with E-state index in [1.54, 1.807) is 20.3 Å². The molecule has 6 heteroatoms. The first-order chi connectivity index (χ1) is 13.0. The van der Waals surface area contributed by atoms with Crippen LogP contribution in [0.15, 0.2) is 42.5 Å². The van der Waals surface area contributed by atoms with Crippen LogP contribution in [-0.4, -0.2) is 26.0 Å². The molecule has 27 heavy (non-hydrogen) atoms. The molecule has 1 aliphatic rings. The number of anilines is 1. The second kappa shape index (κ2) is 7.70. The van der Waals surface area contributed by atoms with Crippen LogP contribution in [0.3, 0.4) is 0 Å². The quantitative estimate of drug-likeness (QED) is 0.737. The zero-order chi connectivity index (χ0) is 19.4. The lowest BCUT2D eigenvalue weighted by Crippen LogP contribution is -2.39. The highest BCUT2D eigenvalue weighted by Crippen LogP contribution is 2.47. The maximum absolute atomic E-state index is 12.6. The minimum absolute atomic E-state index is 0.248. The topological polar surface area (TPSA) is 76.7 Å². The molecule has 3 rings (SSSR count). The summed E-state index contributed by atoms with van der Waals surface area (Å²) >= 11 is 0. The number of ether oxygens (including phenoxy) is 2. The van der Waals surface area contributed by atoms with Gasteiger partial charge < -0.3 is 20.1 Å². The van der Waals surface area contributed by atoms with Gasteiger partial charge in [0.25, 0.3) is 0 Å². The molecule has 1 saturated carbocycles. The molecule has 0 radical (unpaired) electrons. The fourth-order valence-corrected chi connectivity index (χ4v) is 3.00. The van der Waals surface area contributed by atoms with E-state index >= 15 is 0 Å². The molecule has 0 aliphatic heterocycles. The number of nitrogens with one attached hydrogen (secondary N) is 2. The van der Waals surface area contributed by atoms with E-state index in [9.17, 15) is 9.59 Å². The summed E-state index contributed by atoms with van der Waals surface area (Å²) < 4.78 is 10.5. The highest BCUT2D eigenvalue weighted by molar-refractivity contribution is 6.13. The number of carbonyl (C=O) groups is 2. The molecule has 0 bridgehead atoms. The molecule has 0 spiro atoms. The summed E-state index contributed by atoms with van der Waals surface area (Å²) in [7, 11) is 3.14. The summed E-state index contributed by atoms with van der Waals surface area (Å²) in [5, 5.41) is 5.73. The Bertz CT molecular complexity index is 859. The third-order valence-electron chi connectivity index (χ3n) is 4.80. The molecule has 0 saturated heterocycles. The molecule has 2 N–H and O–H groups in total. The van der Waals surface area contributed by atoms with Crippen molar-refractivity contribution < 1.29 is 19.1 Å². The molecule has 2 aromatic rings. The van der Waals surface area contributed by atoms with Crippen molar-refractivity contribution in [2.45, 2.75) is 26.3 Å². The van der Waals surface area contributed by atoms with Crippen LogP contribution >= 0.6 is 0 Å². The van der Waals surface area contributed by atoms with Gasteiger partial charge in [0.2, 0.25) is 11.8 Å². The average Bonchev–Trinajstić information content (AvgIpc) is 3.48. The number of carbonyl (C=O) groups excluding carboxylic acids is 2. The van der Waals surface area contributed by atoms with E-state index in [1.165, 1.54) is 0 Å². The van der Waals surface area contributed by atoms with Crippen LogP contribution in [0.1, 0.15) is 24.0 Å². The van der Waals surface area contributed by atoms with Crippen LogP contribution in [-0.2, 0) is 16.1 Å². The van der Waals surface area contributed by atoms with Crippen molar-refractivity contribution in [2.24, 2.45) is 5.41 Å². The third kappa shape index (κ3) is 4.05. The Hall–Kier alpha value is -3.02. The van der Waals surface area contributed by atoms with Crippen molar-refractivity contribution in [3.63, 3.8) is 0 Å². The lowest BCUT2D eigenvalue weighted by Gasteiger charge is -2.16. The van der Waals surface area contributed by atoms with Gasteiger partial charge in [0, 0.05) is 12.2 Å². The number of hydrogen-bond donors (Lipinski definition) is 2. The van der Waals surface area contributed by atoms with Gasteiger partial charge in [-0.05, 0) is 55.2 Å². The molecular weight excluding hydrogens is 344 g/mol. The van der Waals surface area contributed by atoms with Gasteiger partial charge >= 0.3 is 0 Å². The van der Waals surface area contributed by atoms with Crippen molar-refractivity contribution in [2.75, 3.05) is 19.5 Å². The van der Waals surface area contributed by atoms with Crippen LogP contribution in [0.25, 0.3) is 0 Å². The summed E-state index contributed by atoms with van der Waals surface area (Å²) in [6, 6.07) is 13.0. The normalized spacial score (nSPS) is 14.2. The van der Waals surface area contributed by atoms with Gasteiger partial charge in [-0.25, -0.2) is 0 Å². The zero-order valence-electron chi connectivity index (χ0n) is 15.8. The van der Waals surface area contributed by atoms with E-state index in [1.807, 2.05) is 43.3 Å². The fraction of sp³-hybridized carbons (Fsp3) is 0.333. The van der Waals surface area contributed by atoms with Crippen molar-refractivity contribution >= 4 is 17.5 Å². The van der Waals surface area contributed by atoms with Crippen LogP contribution in [0, 0.1) is 12.3 Å². The minimum atomic E-state index is -0.972. The standard InChI is InChI=1S/C21H24N2O4/c1-14-5-4-6-16(11-14)23-20(25)21(9-10-21)19(24)22-13-15-7-8-17(26-2)18(12-15)27-3/h4-8,11-12H,9-10,13H2,1-3H3,(H,22,24)(H,23,25). The van der Waals surface area contributed by atoms with E-state index in [2.05, 4.69) is 10.6 Å². The predicted octanol–water partition coefficient (Wildman–Crippen LogP) is 3.05. The Kier molecular flexibility index (Phi) is 5.35. The highest BCUT2D eigenvalue weighted by atomic mass is 16.5. The van der Waals surface area contributed by atoms with Crippen molar-refractivity contribution in [1.82, 2.24) is 5.32 Å². The van der Waals surface area contributed by atoms with E-state index in [4.69, 9.17) is 9.47 Å². The average molecular weight is 368 g/mol. The van der Waals surface area contributed by atoms with Gasteiger partial charge in [-0.15, -0.1) is 0 Å². The Morgan fingerprint density at radius 3 is 2.37 bits per heavy atom. The second-order valence-corrected chi connectivity index (χ2v) is 6.78. The smallest absolute Gasteiger partial charge is 0.240 e. The molecule has 0 unspecified atom stereocenters. The van der Waals surface area contributed by atoms with E-state index < -0.39 is 5.41 Å². The van der Waals surface area contributed by atoms with Crippen LogP contribution in [0.4, 0.5) is 5.69 Å². The Morgan fingerprint density at radius 2 is 1.74 bits per heavy atom. The summed E-state index contributed by atoms with van der Waals surface area (Å²) in [5.41, 5.74) is 1.66. The van der Waals surface area contributed by atoms with Gasteiger partial charge in [0.1, 0.15) is 5.41 Å². The summed E-state index contributed by atoms with van der Waals surface area (Å²) in [6.45, 7) is 2.27. The molecule has 0 atom stereocenters. The number of amides is 2. The van der Waals surface area contributed by atoms with Crippen LogP contribution < -0.4 is 20.1 Å². The second-order valence-electron chi connectivity index (χ2n) is 6.78. The minimum Gasteiger partial charge on any atom is -0.493 e. The van der Waals surface area contributed by atoms with Crippen molar-refractivity contribution in [3.05, 3.63) is 53.6 Å². The molecule has 0 aromatic heterocycles. The largest absolute Gasteiger partial charge is 0.493 e. The molecule has 2 aromatic carbocycles. The third-order valence-corrected chi connectivity index (χ3v) is 4.80. The lowest BCUT2D eigenvalue weighted by molar-refractivity contribution is -0.134. The Balaban J connectivity index is 1.62. The Morgan fingerprint density at radius 1 is 1.00 bits per heavy atom. The first kappa shape index (κ1) is 18.8. The van der Waals surface area contributed by atoms with E-state index in [0.29, 0.717) is 36.6 Å². The summed E-state index contributed by atoms with van der Waals surface area (Å²) in [5.74, 6) is 0.728. The molecule has 1 aliphatic carbocycles. The number of benzene rings is 2. The first-order valence-corrected chi connectivity index (χ1v) is 8.86. The molecule has 6 nitrogen and oxygen atoms in total. The number of methoxy groups -OCH3 is 2. The number of rotatable bonds is 7. The molecule has 142 valence electrons. The van der Waals surface area contributed by atoms with Gasteiger partial charge in [-0.3, -0.25) is 9.59 Å².